The highest BCUT2D eigenvalue weighted by atomic mass is 16.5. The lowest BCUT2D eigenvalue weighted by Gasteiger charge is -2.17. The van der Waals surface area contributed by atoms with Gasteiger partial charge in [0.2, 0.25) is 0 Å². The number of anilines is 2. The van der Waals surface area contributed by atoms with E-state index in [1.54, 1.807) is 13.0 Å². The Morgan fingerprint density at radius 1 is 1.11 bits per heavy atom. The van der Waals surface area contributed by atoms with E-state index in [2.05, 4.69) is 20.8 Å². The van der Waals surface area contributed by atoms with Crippen LogP contribution in [-0.2, 0) is 13.0 Å². The number of carbonyl (C=O) groups is 2. The van der Waals surface area contributed by atoms with Crippen LogP contribution in [0.3, 0.4) is 0 Å². The number of rotatable bonds is 4. The number of imidazole rings is 1. The molecule has 1 aliphatic heterocycles. The van der Waals surface area contributed by atoms with E-state index in [1.165, 1.54) is 0 Å². The Balaban J connectivity index is 1.63. The van der Waals surface area contributed by atoms with Crippen LogP contribution in [0.5, 0.6) is 0 Å². The number of aromatic nitrogens is 3. The lowest BCUT2D eigenvalue weighted by Crippen LogP contribution is -2.21. The molecule has 28 heavy (non-hydrogen) atoms. The molecule has 0 fully saturated rings. The Hall–Kier alpha value is -3.42. The average Bonchev–Trinajstić information content (AvgIpc) is 3.25. The number of amides is 2. The zero-order valence-electron chi connectivity index (χ0n) is 15.8. The van der Waals surface area contributed by atoms with Crippen molar-refractivity contribution in [3.05, 3.63) is 58.9 Å². The van der Waals surface area contributed by atoms with E-state index in [9.17, 15) is 9.59 Å². The minimum atomic E-state index is -0.395. The summed E-state index contributed by atoms with van der Waals surface area (Å²) in [7, 11) is 0. The van der Waals surface area contributed by atoms with Gasteiger partial charge in [-0.3, -0.25) is 9.59 Å². The predicted octanol–water partition coefficient (Wildman–Crippen LogP) is 3.33. The fourth-order valence-corrected chi connectivity index (χ4v) is 3.41. The second kappa shape index (κ2) is 7.30. The summed E-state index contributed by atoms with van der Waals surface area (Å²) in [4.78, 5) is 30.0. The third-order valence-electron chi connectivity index (χ3n) is 4.68. The summed E-state index contributed by atoms with van der Waals surface area (Å²) in [5, 5.41) is 9.34. The number of fused-ring (bicyclic) bond motifs is 1. The van der Waals surface area contributed by atoms with Gasteiger partial charge in [0, 0.05) is 18.3 Å². The molecule has 2 N–H and O–H groups in total. The van der Waals surface area contributed by atoms with Crippen molar-refractivity contribution in [3.8, 4) is 0 Å². The van der Waals surface area contributed by atoms with Gasteiger partial charge < -0.3 is 19.7 Å². The van der Waals surface area contributed by atoms with Gasteiger partial charge in [-0.05, 0) is 50.8 Å². The molecule has 0 aliphatic carbocycles. The first-order valence-electron chi connectivity index (χ1n) is 9.23. The standard InChI is InChI=1S/C20H21N5O3/c1-12-6-5-7-14(10-12)21-20(27)18-23-17(15-8-3-4-9-25(15)18)19(26)22-16-11-13(2)28-24-16/h5-7,10-11H,3-4,8-9H2,1-2H3,(H,21,27)(H,22,24,26). The van der Waals surface area contributed by atoms with Gasteiger partial charge in [-0.25, -0.2) is 4.98 Å². The Morgan fingerprint density at radius 2 is 1.96 bits per heavy atom. The molecule has 2 aromatic heterocycles. The Labute approximate surface area is 161 Å². The number of hydrogen-bond donors (Lipinski definition) is 2. The average molecular weight is 379 g/mol. The van der Waals surface area contributed by atoms with Gasteiger partial charge in [-0.2, -0.15) is 0 Å². The summed E-state index contributed by atoms with van der Waals surface area (Å²) < 4.78 is 6.82. The lowest BCUT2D eigenvalue weighted by molar-refractivity contribution is 0.101. The summed E-state index contributed by atoms with van der Waals surface area (Å²) in [6, 6.07) is 9.18. The molecular formula is C20H21N5O3. The summed E-state index contributed by atoms with van der Waals surface area (Å²) in [5.41, 5.74) is 2.78. The van der Waals surface area contributed by atoms with Crippen molar-refractivity contribution >= 4 is 23.3 Å². The van der Waals surface area contributed by atoms with Gasteiger partial charge in [-0.15, -0.1) is 0 Å². The number of aryl methyl sites for hydroxylation is 2. The highest BCUT2D eigenvalue weighted by Crippen LogP contribution is 2.23. The van der Waals surface area contributed by atoms with E-state index in [0.29, 0.717) is 30.2 Å². The van der Waals surface area contributed by atoms with Gasteiger partial charge in [0.15, 0.2) is 17.3 Å². The van der Waals surface area contributed by atoms with Crippen LogP contribution >= 0.6 is 0 Å². The number of nitrogens with one attached hydrogen (secondary N) is 2. The van der Waals surface area contributed by atoms with Gasteiger partial charge >= 0.3 is 0 Å². The molecule has 3 aromatic rings. The van der Waals surface area contributed by atoms with E-state index in [1.807, 2.05) is 35.8 Å². The highest BCUT2D eigenvalue weighted by molar-refractivity contribution is 6.06. The Morgan fingerprint density at radius 3 is 2.71 bits per heavy atom. The number of hydrogen-bond acceptors (Lipinski definition) is 5. The molecule has 3 heterocycles. The van der Waals surface area contributed by atoms with E-state index in [-0.39, 0.29) is 17.4 Å². The van der Waals surface area contributed by atoms with Crippen LogP contribution in [0.15, 0.2) is 34.9 Å². The minimum Gasteiger partial charge on any atom is -0.360 e. The third kappa shape index (κ3) is 3.53. The molecule has 0 unspecified atom stereocenters. The topological polar surface area (TPSA) is 102 Å². The summed E-state index contributed by atoms with van der Waals surface area (Å²) in [5.74, 6) is 0.447. The minimum absolute atomic E-state index is 0.248. The van der Waals surface area contributed by atoms with Crippen molar-refractivity contribution in [2.75, 3.05) is 10.6 Å². The van der Waals surface area contributed by atoms with Crippen molar-refractivity contribution in [2.24, 2.45) is 0 Å². The quantitative estimate of drug-likeness (QED) is 0.724. The molecule has 0 spiro atoms. The number of carbonyl (C=O) groups excluding carboxylic acids is 2. The fourth-order valence-electron chi connectivity index (χ4n) is 3.41. The van der Waals surface area contributed by atoms with Crippen LogP contribution < -0.4 is 10.6 Å². The van der Waals surface area contributed by atoms with Gasteiger partial charge in [0.25, 0.3) is 11.8 Å². The largest absolute Gasteiger partial charge is 0.360 e. The zero-order valence-corrected chi connectivity index (χ0v) is 15.8. The molecule has 4 rings (SSSR count). The highest BCUT2D eigenvalue weighted by Gasteiger charge is 2.28. The molecule has 144 valence electrons. The molecule has 0 radical (unpaired) electrons. The fraction of sp³-hybridized carbons (Fsp3) is 0.300. The molecule has 0 bridgehead atoms. The first-order valence-corrected chi connectivity index (χ1v) is 9.23. The molecule has 8 heteroatoms. The van der Waals surface area contributed by atoms with E-state index in [4.69, 9.17) is 4.52 Å². The molecule has 1 aliphatic rings. The van der Waals surface area contributed by atoms with Gasteiger partial charge in [-0.1, -0.05) is 17.3 Å². The first kappa shape index (κ1) is 18.0. The molecular weight excluding hydrogens is 358 g/mol. The Kier molecular flexibility index (Phi) is 4.68. The number of benzene rings is 1. The van der Waals surface area contributed by atoms with E-state index < -0.39 is 5.91 Å². The van der Waals surface area contributed by atoms with Crippen LogP contribution in [-0.4, -0.2) is 26.5 Å². The Bertz CT molecular complexity index is 1050. The van der Waals surface area contributed by atoms with E-state index >= 15 is 0 Å². The molecule has 8 nitrogen and oxygen atoms in total. The SMILES string of the molecule is Cc1cccc(NC(=O)c2nc(C(=O)Nc3cc(C)on3)c3n2CCCC3)c1. The maximum absolute atomic E-state index is 12.8. The predicted molar refractivity (Wildman–Crippen MR) is 103 cm³/mol. The van der Waals surface area contributed by atoms with E-state index in [0.717, 1.165) is 24.1 Å². The molecule has 1 aromatic carbocycles. The molecule has 0 atom stereocenters. The number of nitrogens with zero attached hydrogens (tertiary/aromatic N) is 3. The summed E-state index contributed by atoms with van der Waals surface area (Å²) >= 11 is 0. The molecule has 2 amide bonds. The second-order valence-electron chi connectivity index (χ2n) is 6.94. The lowest BCUT2D eigenvalue weighted by atomic mass is 10.1. The van der Waals surface area contributed by atoms with Crippen LogP contribution in [0.1, 0.15) is 51.0 Å². The monoisotopic (exact) mass is 379 g/mol. The smallest absolute Gasteiger partial charge is 0.291 e. The van der Waals surface area contributed by atoms with Crippen LogP contribution in [0.25, 0.3) is 0 Å². The molecule has 0 saturated carbocycles. The van der Waals surface area contributed by atoms with Gasteiger partial charge in [0.05, 0.1) is 5.69 Å². The normalized spacial score (nSPS) is 13.1. The first-order chi connectivity index (χ1) is 13.5. The van der Waals surface area contributed by atoms with Gasteiger partial charge in [0.1, 0.15) is 5.76 Å². The van der Waals surface area contributed by atoms with Crippen molar-refractivity contribution in [3.63, 3.8) is 0 Å². The van der Waals surface area contributed by atoms with Crippen LogP contribution in [0, 0.1) is 13.8 Å². The van der Waals surface area contributed by atoms with Crippen molar-refractivity contribution in [2.45, 2.75) is 39.7 Å². The van der Waals surface area contributed by atoms with Crippen LogP contribution in [0.4, 0.5) is 11.5 Å². The van der Waals surface area contributed by atoms with Crippen LogP contribution in [0.2, 0.25) is 0 Å². The molecule has 0 saturated heterocycles. The second-order valence-corrected chi connectivity index (χ2v) is 6.94. The van der Waals surface area contributed by atoms with Crippen molar-refractivity contribution in [1.82, 2.24) is 14.7 Å². The summed E-state index contributed by atoms with van der Waals surface area (Å²) in [6.45, 7) is 4.37. The maximum atomic E-state index is 12.8. The maximum Gasteiger partial charge on any atom is 0.291 e. The summed E-state index contributed by atoms with van der Waals surface area (Å²) in [6.07, 6.45) is 2.59. The van der Waals surface area contributed by atoms with Crippen molar-refractivity contribution < 1.29 is 14.1 Å². The third-order valence-corrected chi connectivity index (χ3v) is 4.68. The van der Waals surface area contributed by atoms with Crippen molar-refractivity contribution in [1.29, 1.82) is 0 Å². The zero-order chi connectivity index (χ0) is 19.7.